The molecule has 8 heteroatoms. The topological polar surface area (TPSA) is 81.8 Å². The normalized spacial score (nSPS) is 21.0. The van der Waals surface area contributed by atoms with Crippen LogP contribution < -0.4 is 10.6 Å². The molecule has 23 heavy (non-hydrogen) atoms. The maximum atomic E-state index is 12.1. The van der Waals surface area contributed by atoms with Crippen LogP contribution in [0.4, 0.5) is 0 Å². The molecule has 0 aromatic rings. The summed E-state index contributed by atoms with van der Waals surface area (Å²) in [5.74, 6) is -1.27. The van der Waals surface area contributed by atoms with Crippen molar-refractivity contribution in [3.05, 3.63) is 0 Å². The van der Waals surface area contributed by atoms with Gasteiger partial charge in [-0.2, -0.15) is 0 Å². The Hall–Kier alpha value is -1.34. The molecule has 2 rings (SSSR count). The number of nitrogens with one attached hydrogen (secondary N) is 2. The molecule has 2 aliphatic rings. The van der Waals surface area contributed by atoms with E-state index in [1.54, 1.807) is 0 Å². The van der Waals surface area contributed by atoms with Gasteiger partial charge < -0.3 is 20.4 Å². The van der Waals surface area contributed by atoms with Crippen LogP contribution in [-0.2, 0) is 14.4 Å². The van der Waals surface area contributed by atoms with Crippen LogP contribution in [0.25, 0.3) is 0 Å². The molecule has 0 saturated carbocycles. The van der Waals surface area contributed by atoms with E-state index in [1.807, 2.05) is 6.92 Å². The smallest absolute Gasteiger partial charge is 0.312 e. The Labute approximate surface area is 143 Å². The second-order valence-electron chi connectivity index (χ2n) is 6.45. The third kappa shape index (κ3) is 5.07. The lowest BCUT2D eigenvalue weighted by Gasteiger charge is -2.35. The average Bonchev–Trinajstić information content (AvgIpc) is 2.51. The van der Waals surface area contributed by atoms with Gasteiger partial charge in [-0.1, -0.05) is 6.92 Å². The minimum absolute atomic E-state index is 0. The second-order valence-corrected chi connectivity index (χ2v) is 6.45. The summed E-state index contributed by atoms with van der Waals surface area (Å²) in [6.07, 6.45) is 2.06. The van der Waals surface area contributed by atoms with Gasteiger partial charge in [-0.25, -0.2) is 0 Å². The van der Waals surface area contributed by atoms with E-state index < -0.39 is 11.8 Å². The van der Waals surface area contributed by atoms with Crippen molar-refractivity contribution in [1.82, 2.24) is 20.4 Å². The van der Waals surface area contributed by atoms with Gasteiger partial charge in [-0.3, -0.25) is 14.4 Å². The van der Waals surface area contributed by atoms with Gasteiger partial charge in [0.1, 0.15) is 6.54 Å². The molecule has 2 fully saturated rings. The van der Waals surface area contributed by atoms with Crippen LogP contribution in [0, 0.1) is 5.41 Å². The first kappa shape index (κ1) is 19.7. The molecule has 2 aliphatic heterocycles. The van der Waals surface area contributed by atoms with Crippen molar-refractivity contribution in [2.24, 2.45) is 5.41 Å². The molecule has 2 N–H and O–H groups in total. The molecule has 2 heterocycles. The van der Waals surface area contributed by atoms with Gasteiger partial charge in [0.15, 0.2) is 0 Å². The van der Waals surface area contributed by atoms with Crippen LogP contribution in [0.15, 0.2) is 0 Å². The first-order chi connectivity index (χ1) is 10.4. The summed E-state index contributed by atoms with van der Waals surface area (Å²) in [5.41, 5.74) is 0.113. The molecule has 2 saturated heterocycles. The van der Waals surface area contributed by atoms with Crippen molar-refractivity contribution >= 4 is 30.1 Å². The maximum Gasteiger partial charge on any atom is 0.312 e. The number of hydrogen-bond acceptors (Lipinski definition) is 4. The van der Waals surface area contributed by atoms with E-state index in [9.17, 15) is 14.4 Å². The number of carbonyl (C=O) groups excluding carboxylic acids is 3. The van der Waals surface area contributed by atoms with Crippen LogP contribution in [0.3, 0.4) is 0 Å². The van der Waals surface area contributed by atoms with E-state index in [0.717, 1.165) is 25.9 Å². The summed E-state index contributed by atoms with van der Waals surface area (Å²) in [6.45, 7) is 7.98. The highest BCUT2D eigenvalue weighted by Gasteiger charge is 2.33. The lowest BCUT2D eigenvalue weighted by Crippen LogP contribution is -2.56. The van der Waals surface area contributed by atoms with E-state index in [-0.39, 0.29) is 30.3 Å². The highest BCUT2D eigenvalue weighted by molar-refractivity contribution is 6.35. The van der Waals surface area contributed by atoms with Gasteiger partial charge in [0, 0.05) is 26.2 Å². The van der Waals surface area contributed by atoms with E-state index in [0.29, 0.717) is 26.2 Å². The maximum absolute atomic E-state index is 12.1. The van der Waals surface area contributed by atoms with Gasteiger partial charge in [0.25, 0.3) is 0 Å². The Balaban J connectivity index is 0.00000264. The third-order valence-corrected chi connectivity index (χ3v) is 4.64. The average molecular weight is 347 g/mol. The molecule has 0 spiro atoms. The van der Waals surface area contributed by atoms with Crippen molar-refractivity contribution in [2.75, 3.05) is 45.8 Å². The van der Waals surface area contributed by atoms with Crippen molar-refractivity contribution in [1.29, 1.82) is 0 Å². The van der Waals surface area contributed by atoms with E-state index in [2.05, 4.69) is 17.6 Å². The molecule has 7 nitrogen and oxygen atoms in total. The van der Waals surface area contributed by atoms with Crippen LogP contribution in [-0.4, -0.2) is 73.3 Å². The van der Waals surface area contributed by atoms with E-state index in [4.69, 9.17) is 0 Å². The van der Waals surface area contributed by atoms with E-state index >= 15 is 0 Å². The Kier molecular flexibility index (Phi) is 7.28. The number of halogens is 1. The van der Waals surface area contributed by atoms with Crippen LogP contribution in [0.1, 0.15) is 26.7 Å². The number of carbonyl (C=O) groups is 3. The fourth-order valence-electron chi connectivity index (χ4n) is 2.92. The van der Waals surface area contributed by atoms with E-state index in [1.165, 1.54) is 9.80 Å². The molecular weight excluding hydrogens is 320 g/mol. The van der Waals surface area contributed by atoms with Gasteiger partial charge in [0.2, 0.25) is 5.91 Å². The summed E-state index contributed by atoms with van der Waals surface area (Å²) in [5, 5.41) is 6.22. The minimum Gasteiger partial charge on any atom is -0.354 e. The summed E-state index contributed by atoms with van der Waals surface area (Å²) in [4.78, 5) is 38.6. The Morgan fingerprint density at radius 3 is 2.35 bits per heavy atom. The largest absolute Gasteiger partial charge is 0.354 e. The molecule has 0 aromatic carbocycles. The van der Waals surface area contributed by atoms with Crippen molar-refractivity contribution in [3.8, 4) is 0 Å². The lowest BCUT2D eigenvalue weighted by atomic mass is 9.81. The molecule has 0 aromatic heterocycles. The number of piperidine rings is 1. The second kappa shape index (κ2) is 8.49. The summed E-state index contributed by atoms with van der Waals surface area (Å²) < 4.78 is 0. The summed E-state index contributed by atoms with van der Waals surface area (Å²) >= 11 is 0. The molecule has 0 unspecified atom stereocenters. The van der Waals surface area contributed by atoms with Gasteiger partial charge in [-0.15, -0.1) is 12.4 Å². The van der Waals surface area contributed by atoms with Gasteiger partial charge in [-0.05, 0) is 38.3 Å². The molecule has 0 atom stereocenters. The molecule has 132 valence electrons. The first-order valence-electron chi connectivity index (χ1n) is 8.01. The Bertz CT molecular complexity index is 452. The summed E-state index contributed by atoms with van der Waals surface area (Å²) in [6, 6.07) is 0. The predicted molar refractivity (Wildman–Crippen MR) is 89.3 cm³/mol. The number of likely N-dealkylation sites (N-methyl/N-ethyl adjacent to an activating group) is 1. The Morgan fingerprint density at radius 1 is 1.17 bits per heavy atom. The highest BCUT2D eigenvalue weighted by atomic mass is 35.5. The number of amides is 3. The number of nitrogens with zero attached hydrogens (tertiary/aromatic N) is 2. The number of rotatable bonds is 5. The van der Waals surface area contributed by atoms with Crippen LogP contribution in [0.2, 0.25) is 0 Å². The lowest BCUT2D eigenvalue weighted by molar-refractivity contribution is -0.156. The van der Waals surface area contributed by atoms with Crippen molar-refractivity contribution in [3.63, 3.8) is 0 Å². The highest BCUT2D eigenvalue weighted by Crippen LogP contribution is 2.26. The Morgan fingerprint density at radius 2 is 1.74 bits per heavy atom. The minimum atomic E-state index is -0.573. The first-order valence-corrected chi connectivity index (χ1v) is 8.01. The standard InChI is InChI=1S/C15H26N4O3.ClH/c1-3-18-8-9-19(14(22)13(18)21)10-12(20)17-11-15(2)4-6-16-7-5-15;/h16H,3-11H2,1-2H3,(H,17,20);1H. The predicted octanol–water partition coefficient (Wildman–Crippen LogP) is -0.395. The number of piperazine rings is 1. The fourth-order valence-corrected chi connectivity index (χ4v) is 2.92. The van der Waals surface area contributed by atoms with Crippen LogP contribution >= 0.6 is 12.4 Å². The molecular formula is C15H27ClN4O3. The van der Waals surface area contributed by atoms with Gasteiger partial charge >= 0.3 is 11.8 Å². The molecule has 0 bridgehead atoms. The zero-order valence-electron chi connectivity index (χ0n) is 13.9. The van der Waals surface area contributed by atoms with Gasteiger partial charge in [0.05, 0.1) is 0 Å². The van der Waals surface area contributed by atoms with Crippen LogP contribution in [0.5, 0.6) is 0 Å². The zero-order valence-corrected chi connectivity index (χ0v) is 14.7. The molecule has 3 amide bonds. The quantitative estimate of drug-likeness (QED) is 0.664. The third-order valence-electron chi connectivity index (χ3n) is 4.64. The molecule has 0 radical (unpaired) electrons. The SMILES string of the molecule is CCN1CCN(CC(=O)NCC2(C)CCNCC2)C(=O)C1=O.Cl. The fraction of sp³-hybridized carbons (Fsp3) is 0.800. The number of hydrogen-bond donors (Lipinski definition) is 2. The molecule has 0 aliphatic carbocycles. The summed E-state index contributed by atoms with van der Waals surface area (Å²) in [7, 11) is 0. The van der Waals surface area contributed by atoms with Crippen molar-refractivity contribution < 1.29 is 14.4 Å². The zero-order chi connectivity index (χ0) is 16.2. The van der Waals surface area contributed by atoms with Crippen molar-refractivity contribution in [2.45, 2.75) is 26.7 Å². The monoisotopic (exact) mass is 346 g/mol.